The van der Waals surface area contributed by atoms with E-state index in [1.165, 1.54) is 10.1 Å². The minimum atomic E-state index is 1.01. The minimum absolute atomic E-state index is 1.01. The zero-order valence-electron chi connectivity index (χ0n) is 12.0. The maximum absolute atomic E-state index is 4.78. The van der Waals surface area contributed by atoms with Crippen LogP contribution in [0.25, 0.3) is 21.1 Å². The van der Waals surface area contributed by atoms with Crippen LogP contribution in [-0.4, -0.2) is 23.1 Å². The van der Waals surface area contributed by atoms with E-state index in [1.807, 2.05) is 12.3 Å². The molecule has 3 aromatic rings. The lowest BCUT2D eigenvalue weighted by Crippen LogP contribution is -2.24. The second-order valence-corrected chi connectivity index (χ2v) is 5.95. The van der Waals surface area contributed by atoms with E-state index in [2.05, 4.69) is 41.9 Å². The Labute approximate surface area is 123 Å². The quantitative estimate of drug-likeness (QED) is 0.692. The predicted octanol–water partition coefficient (Wildman–Crippen LogP) is 4.47. The van der Waals surface area contributed by atoms with Crippen molar-refractivity contribution in [2.45, 2.75) is 26.7 Å². The van der Waals surface area contributed by atoms with E-state index in [9.17, 15) is 0 Å². The van der Waals surface area contributed by atoms with Gasteiger partial charge in [0.2, 0.25) is 0 Å². The van der Waals surface area contributed by atoms with E-state index in [-0.39, 0.29) is 0 Å². The number of anilines is 1. The van der Waals surface area contributed by atoms with E-state index >= 15 is 0 Å². The number of benzene rings is 1. The number of rotatable bonds is 5. The SMILES string of the molecule is CCCN(CCC)c1nc2cnc3ccccc3c2s1. The highest BCUT2D eigenvalue weighted by atomic mass is 32.1. The number of hydrogen-bond acceptors (Lipinski definition) is 4. The average Bonchev–Trinajstić information content (AvgIpc) is 2.91. The Morgan fingerprint density at radius 3 is 2.55 bits per heavy atom. The van der Waals surface area contributed by atoms with Crippen LogP contribution in [0.1, 0.15) is 26.7 Å². The number of fused-ring (bicyclic) bond motifs is 3. The highest BCUT2D eigenvalue weighted by Gasteiger charge is 2.12. The third-order valence-corrected chi connectivity index (χ3v) is 4.54. The van der Waals surface area contributed by atoms with Crippen molar-refractivity contribution in [1.82, 2.24) is 9.97 Å². The molecule has 0 aliphatic carbocycles. The Morgan fingerprint density at radius 2 is 1.80 bits per heavy atom. The highest BCUT2D eigenvalue weighted by Crippen LogP contribution is 2.33. The van der Waals surface area contributed by atoms with E-state index in [1.54, 1.807) is 11.3 Å². The van der Waals surface area contributed by atoms with Crippen LogP contribution in [0.5, 0.6) is 0 Å². The van der Waals surface area contributed by atoms with Crippen LogP contribution in [0.4, 0.5) is 5.13 Å². The molecule has 0 spiro atoms. The number of para-hydroxylation sites is 1. The van der Waals surface area contributed by atoms with Crippen LogP contribution in [0.2, 0.25) is 0 Å². The fraction of sp³-hybridized carbons (Fsp3) is 0.375. The lowest BCUT2D eigenvalue weighted by Gasteiger charge is -2.19. The molecule has 2 heterocycles. The Kier molecular flexibility index (Phi) is 3.83. The van der Waals surface area contributed by atoms with Gasteiger partial charge in [0.1, 0.15) is 5.52 Å². The molecule has 0 aliphatic rings. The van der Waals surface area contributed by atoms with Gasteiger partial charge >= 0.3 is 0 Å². The Hall–Kier alpha value is -1.68. The molecule has 0 radical (unpaired) electrons. The number of nitrogens with zero attached hydrogens (tertiary/aromatic N) is 3. The van der Waals surface area contributed by atoms with Gasteiger partial charge in [-0.15, -0.1) is 0 Å². The second-order valence-electron chi connectivity index (χ2n) is 4.97. The van der Waals surface area contributed by atoms with E-state index < -0.39 is 0 Å². The molecular formula is C16H19N3S. The first kappa shape index (κ1) is 13.3. The van der Waals surface area contributed by atoms with Crippen LogP contribution in [0.3, 0.4) is 0 Å². The van der Waals surface area contributed by atoms with Crippen molar-refractivity contribution in [3.8, 4) is 0 Å². The molecule has 0 unspecified atom stereocenters. The number of hydrogen-bond donors (Lipinski definition) is 0. The third-order valence-electron chi connectivity index (χ3n) is 3.37. The fourth-order valence-corrected chi connectivity index (χ4v) is 3.61. The summed E-state index contributed by atoms with van der Waals surface area (Å²) in [5.74, 6) is 0. The van der Waals surface area contributed by atoms with Gasteiger partial charge in [0, 0.05) is 18.5 Å². The van der Waals surface area contributed by atoms with Gasteiger partial charge in [-0.05, 0) is 18.9 Å². The Morgan fingerprint density at radius 1 is 1.05 bits per heavy atom. The summed E-state index contributed by atoms with van der Waals surface area (Å²) in [4.78, 5) is 11.7. The molecule has 0 fully saturated rings. The summed E-state index contributed by atoms with van der Waals surface area (Å²) in [6.45, 7) is 6.57. The van der Waals surface area contributed by atoms with Crippen LogP contribution >= 0.6 is 11.3 Å². The van der Waals surface area contributed by atoms with Gasteiger partial charge < -0.3 is 4.90 Å². The Bertz CT molecular complexity index is 714. The van der Waals surface area contributed by atoms with Crippen molar-refractivity contribution in [3.05, 3.63) is 30.5 Å². The number of thiazole rings is 1. The number of aromatic nitrogens is 2. The normalized spacial score (nSPS) is 11.3. The molecule has 4 heteroatoms. The predicted molar refractivity (Wildman–Crippen MR) is 87.7 cm³/mol. The number of pyridine rings is 1. The zero-order valence-corrected chi connectivity index (χ0v) is 12.8. The summed E-state index contributed by atoms with van der Waals surface area (Å²) in [6.07, 6.45) is 4.19. The standard InChI is InChI=1S/C16H19N3S/c1-3-9-19(10-4-2)16-18-14-11-17-13-8-6-5-7-12(13)15(14)20-16/h5-8,11H,3-4,9-10H2,1-2H3. The van der Waals surface area contributed by atoms with Crippen LogP contribution < -0.4 is 4.90 Å². The van der Waals surface area contributed by atoms with Gasteiger partial charge in [0.05, 0.1) is 16.4 Å². The smallest absolute Gasteiger partial charge is 0.186 e. The third kappa shape index (κ3) is 2.36. The molecule has 3 rings (SSSR count). The molecule has 0 aliphatic heterocycles. The Balaban J connectivity index is 2.11. The van der Waals surface area contributed by atoms with Gasteiger partial charge in [0.25, 0.3) is 0 Å². The topological polar surface area (TPSA) is 29.0 Å². The van der Waals surface area contributed by atoms with Gasteiger partial charge in [-0.25, -0.2) is 4.98 Å². The van der Waals surface area contributed by atoms with E-state index in [4.69, 9.17) is 4.98 Å². The first-order chi connectivity index (χ1) is 9.83. The summed E-state index contributed by atoms with van der Waals surface area (Å²) < 4.78 is 1.25. The minimum Gasteiger partial charge on any atom is -0.348 e. The molecule has 0 atom stereocenters. The summed E-state index contributed by atoms with van der Waals surface area (Å²) in [6, 6.07) is 8.29. The molecule has 0 amide bonds. The molecule has 0 saturated heterocycles. The molecule has 1 aromatic carbocycles. The van der Waals surface area contributed by atoms with Crippen molar-refractivity contribution in [3.63, 3.8) is 0 Å². The van der Waals surface area contributed by atoms with Gasteiger partial charge in [-0.1, -0.05) is 43.4 Å². The lowest BCUT2D eigenvalue weighted by atomic mass is 10.2. The van der Waals surface area contributed by atoms with Gasteiger partial charge in [-0.2, -0.15) is 0 Å². The largest absolute Gasteiger partial charge is 0.348 e. The molecule has 104 valence electrons. The van der Waals surface area contributed by atoms with Crippen molar-refractivity contribution in [2.24, 2.45) is 0 Å². The maximum Gasteiger partial charge on any atom is 0.186 e. The van der Waals surface area contributed by atoms with Crippen LogP contribution in [0.15, 0.2) is 30.5 Å². The molecule has 0 saturated carbocycles. The first-order valence-electron chi connectivity index (χ1n) is 7.22. The molecule has 0 bridgehead atoms. The molecule has 0 N–H and O–H groups in total. The summed E-state index contributed by atoms with van der Waals surface area (Å²) in [7, 11) is 0. The summed E-state index contributed by atoms with van der Waals surface area (Å²) in [5.41, 5.74) is 2.06. The summed E-state index contributed by atoms with van der Waals surface area (Å²) in [5, 5.41) is 2.34. The van der Waals surface area contributed by atoms with Crippen molar-refractivity contribution in [2.75, 3.05) is 18.0 Å². The van der Waals surface area contributed by atoms with Crippen LogP contribution in [0, 0.1) is 0 Å². The van der Waals surface area contributed by atoms with E-state index in [0.29, 0.717) is 0 Å². The lowest BCUT2D eigenvalue weighted by molar-refractivity contribution is 0.743. The first-order valence-corrected chi connectivity index (χ1v) is 8.04. The summed E-state index contributed by atoms with van der Waals surface area (Å²) >= 11 is 1.79. The van der Waals surface area contributed by atoms with Crippen molar-refractivity contribution >= 4 is 37.6 Å². The van der Waals surface area contributed by atoms with E-state index in [0.717, 1.165) is 42.1 Å². The van der Waals surface area contributed by atoms with Crippen molar-refractivity contribution < 1.29 is 0 Å². The van der Waals surface area contributed by atoms with Crippen molar-refractivity contribution in [1.29, 1.82) is 0 Å². The molecular weight excluding hydrogens is 266 g/mol. The molecule has 3 nitrogen and oxygen atoms in total. The molecule has 2 aromatic heterocycles. The zero-order chi connectivity index (χ0) is 13.9. The fourth-order valence-electron chi connectivity index (χ4n) is 2.49. The maximum atomic E-state index is 4.78. The monoisotopic (exact) mass is 285 g/mol. The van der Waals surface area contributed by atoms with Gasteiger partial charge in [-0.3, -0.25) is 4.98 Å². The highest BCUT2D eigenvalue weighted by molar-refractivity contribution is 7.23. The average molecular weight is 285 g/mol. The van der Waals surface area contributed by atoms with Crippen LogP contribution in [-0.2, 0) is 0 Å². The second kappa shape index (κ2) is 5.75. The van der Waals surface area contributed by atoms with Gasteiger partial charge in [0.15, 0.2) is 5.13 Å². The molecule has 20 heavy (non-hydrogen) atoms.